The van der Waals surface area contributed by atoms with Crippen LogP contribution in [0.3, 0.4) is 0 Å². The number of esters is 3. The molecule has 0 saturated carbocycles. The van der Waals surface area contributed by atoms with Gasteiger partial charge in [0.1, 0.15) is 13.2 Å². The summed E-state index contributed by atoms with van der Waals surface area (Å²) in [7, 11) is 0. The molecule has 0 aromatic rings. The fourth-order valence-electron chi connectivity index (χ4n) is 7.36. The fraction of sp³-hybridized carbons (Fsp3) is 0.741. The highest BCUT2D eigenvalue weighted by atomic mass is 16.6. The third-order valence-electron chi connectivity index (χ3n) is 11.4. The van der Waals surface area contributed by atoms with E-state index < -0.39 is 6.10 Å². The van der Waals surface area contributed by atoms with Crippen LogP contribution in [0.1, 0.15) is 258 Å². The van der Waals surface area contributed by atoms with Gasteiger partial charge in [0.05, 0.1) is 0 Å². The summed E-state index contributed by atoms with van der Waals surface area (Å²) in [6.45, 7) is 6.48. The van der Waals surface area contributed by atoms with Crippen LogP contribution in [0.4, 0.5) is 0 Å². The van der Waals surface area contributed by atoms with Crippen molar-refractivity contribution in [3.63, 3.8) is 0 Å². The minimum Gasteiger partial charge on any atom is -0.462 e. The Bertz CT molecular complexity index is 1210. The van der Waals surface area contributed by atoms with E-state index >= 15 is 0 Å². The van der Waals surface area contributed by atoms with E-state index in [9.17, 15) is 14.4 Å². The summed E-state index contributed by atoms with van der Waals surface area (Å²) in [6.07, 6.45) is 65.9. The lowest BCUT2D eigenvalue weighted by atomic mass is 10.1. The largest absolute Gasteiger partial charge is 0.462 e. The Morgan fingerprint density at radius 1 is 0.328 bits per heavy atom. The molecule has 0 aliphatic heterocycles. The number of allylic oxidation sites excluding steroid dienone is 12. The van der Waals surface area contributed by atoms with Crippen molar-refractivity contribution in [2.45, 2.75) is 264 Å². The van der Waals surface area contributed by atoms with Crippen LogP contribution in [0.15, 0.2) is 72.9 Å². The first-order valence-electron chi connectivity index (χ1n) is 26.9. The maximum absolute atomic E-state index is 12.8. The van der Waals surface area contributed by atoms with E-state index in [4.69, 9.17) is 14.2 Å². The van der Waals surface area contributed by atoms with Crippen LogP contribution in [0.2, 0.25) is 0 Å². The molecule has 0 aliphatic carbocycles. The number of carbonyl (C=O) groups is 3. The van der Waals surface area contributed by atoms with Crippen LogP contribution in [0, 0.1) is 0 Å². The van der Waals surface area contributed by atoms with E-state index in [0.29, 0.717) is 19.3 Å². The summed E-state index contributed by atoms with van der Waals surface area (Å²) in [4.78, 5) is 38.0. The number of rotatable bonds is 48. The SMILES string of the molecule is CC/C=C\C/C=C\C/C=C\CCCCCCCC(=O)OC(COC(=O)CCCCCCC/C=C\C/C=C\CCCCCC)COC(=O)CCCCCCC/C=C\CCCCCCCC. The molecule has 64 heavy (non-hydrogen) atoms. The molecule has 0 saturated heterocycles. The van der Waals surface area contributed by atoms with Gasteiger partial charge in [0, 0.05) is 19.3 Å². The van der Waals surface area contributed by atoms with Gasteiger partial charge in [-0.15, -0.1) is 0 Å². The van der Waals surface area contributed by atoms with Crippen molar-refractivity contribution < 1.29 is 28.6 Å². The van der Waals surface area contributed by atoms with Gasteiger partial charge in [0.2, 0.25) is 0 Å². The Morgan fingerprint density at radius 3 is 0.984 bits per heavy atom. The number of ether oxygens (including phenoxy) is 3. The van der Waals surface area contributed by atoms with Gasteiger partial charge < -0.3 is 14.2 Å². The smallest absolute Gasteiger partial charge is 0.306 e. The van der Waals surface area contributed by atoms with Gasteiger partial charge in [-0.1, -0.05) is 203 Å². The van der Waals surface area contributed by atoms with Crippen LogP contribution >= 0.6 is 0 Å². The molecule has 6 nitrogen and oxygen atoms in total. The highest BCUT2D eigenvalue weighted by Gasteiger charge is 2.19. The van der Waals surface area contributed by atoms with E-state index in [1.165, 1.54) is 96.3 Å². The second-order valence-electron chi connectivity index (χ2n) is 17.7. The van der Waals surface area contributed by atoms with Crippen molar-refractivity contribution in [2.24, 2.45) is 0 Å². The first kappa shape index (κ1) is 60.9. The van der Waals surface area contributed by atoms with E-state index in [1.807, 2.05) is 0 Å². The third kappa shape index (κ3) is 49.9. The highest BCUT2D eigenvalue weighted by Crippen LogP contribution is 2.14. The molecule has 0 aromatic carbocycles. The molecular weight excluding hydrogens is 793 g/mol. The molecule has 0 amide bonds. The third-order valence-corrected chi connectivity index (χ3v) is 11.4. The molecule has 1 unspecified atom stereocenters. The van der Waals surface area contributed by atoms with E-state index in [2.05, 4.69) is 93.7 Å². The molecule has 0 N–H and O–H groups in total. The van der Waals surface area contributed by atoms with Crippen LogP contribution in [0.25, 0.3) is 0 Å². The average Bonchev–Trinajstić information content (AvgIpc) is 3.29. The number of hydrogen-bond donors (Lipinski definition) is 0. The molecule has 6 heteroatoms. The van der Waals surface area contributed by atoms with Crippen molar-refractivity contribution >= 4 is 17.9 Å². The van der Waals surface area contributed by atoms with Crippen LogP contribution < -0.4 is 0 Å². The van der Waals surface area contributed by atoms with Crippen LogP contribution in [-0.4, -0.2) is 37.2 Å². The lowest BCUT2D eigenvalue weighted by Crippen LogP contribution is -2.30. The lowest BCUT2D eigenvalue weighted by Gasteiger charge is -2.18. The van der Waals surface area contributed by atoms with Crippen molar-refractivity contribution in [3.05, 3.63) is 72.9 Å². The summed E-state index contributed by atoms with van der Waals surface area (Å²) in [5.41, 5.74) is 0. The molecule has 0 radical (unpaired) electrons. The molecule has 1 atom stereocenters. The van der Waals surface area contributed by atoms with Crippen molar-refractivity contribution in [1.29, 1.82) is 0 Å². The molecule has 0 bridgehead atoms. The first-order valence-corrected chi connectivity index (χ1v) is 26.9. The van der Waals surface area contributed by atoms with Crippen molar-refractivity contribution in [1.82, 2.24) is 0 Å². The first-order chi connectivity index (χ1) is 31.5. The topological polar surface area (TPSA) is 78.9 Å². The number of unbranched alkanes of at least 4 members (excludes halogenated alkanes) is 25. The molecule has 0 rings (SSSR count). The summed E-state index contributed by atoms with van der Waals surface area (Å²) in [6, 6.07) is 0. The van der Waals surface area contributed by atoms with E-state index in [-0.39, 0.29) is 31.1 Å². The lowest BCUT2D eigenvalue weighted by molar-refractivity contribution is -0.167. The van der Waals surface area contributed by atoms with Gasteiger partial charge in [-0.3, -0.25) is 14.4 Å². The Balaban J connectivity index is 4.44. The average molecular weight is 893 g/mol. The van der Waals surface area contributed by atoms with Gasteiger partial charge in [-0.05, 0) is 109 Å². The van der Waals surface area contributed by atoms with Crippen molar-refractivity contribution in [3.8, 4) is 0 Å². The molecule has 0 spiro atoms. The fourth-order valence-corrected chi connectivity index (χ4v) is 7.36. The van der Waals surface area contributed by atoms with E-state index in [1.54, 1.807) is 0 Å². The normalized spacial score (nSPS) is 12.6. The standard InChI is InChI=1S/C58H100O6/c1-4-7-10-13-16-19-22-25-28-31-33-36-39-42-45-48-51-57(60)63-54-55(64-58(61)52-49-46-43-40-37-34-30-27-24-21-18-15-12-9-6-3)53-62-56(59)50-47-44-41-38-35-32-29-26-23-20-17-14-11-8-5-2/h9,12,18-19,21-22,26-31,55H,4-8,10-11,13-17,20,23-25,32-54H2,1-3H3/b12-9-,21-18-,22-19-,29-26-,30-27-,31-28-. The zero-order chi connectivity index (χ0) is 46.5. The van der Waals surface area contributed by atoms with Gasteiger partial charge in [-0.2, -0.15) is 0 Å². The monoisotopic (exact) mass is 893 g/mol. The molecule has 0 heterocycles. The minimum absolute atomic E-state index is 0.0913. The summed E-state index contributed by atoms with van der Waals surface area (Å²) >= 11 is 0. The number of carbonyl (C=O) groups excluding carboxylic acids is 3. The molecular formula is C58H100O6. The summed E-state index contributed by atoms with van der Waals surface area (Å²) in [5, 5.41) is 0. The zero-order valence-corrected chi connectivity index (χ0v) is 42.0. The Hall–Kier alpha value is -3.15. The number of hydrogen-bond acceptors (Lipinski definition) is 6. The quantitative estimate of drug-likeness (QED) is 0.0262. The Labute approximate surface area is 395 Å². The van der Waals surface area contributed by atoms with E-state index in [0.717, 1.165) is 122 Å². The predicted molar refractivity (Wildman–Crippen MR) is 274 cm³/mol. The van der Waals surface area contributed by atoms with Gasteiger partial charge in [0.25, 0.3) is 0 Å². The Kier molecular flexibility index (Phi) is 49.9. The highest BCUT2D eigenvalue weighted by molar-refractivity contribution is 5.71. The maximum Gasteiger partial charge on any atom is 0.306 e. The van der Waals surface area contributed by atoms with Crippen molar-refractivity contribution in [2.75, 3.05) is 13.2 Å². The second-order valence-corrected chi connectivity index (χ2v) is 17.7. The zero-order valence-electron chi connectivity index (χ0n) is 42.0. The van der Waals surface area contributed by atoms with Crippen LogP contribution in [-0.2, 0) is 28.6 Å². The summed E-state index contributed by atoms with van der Waals surface area (Å²) < 4.78 is 16.8. The van der Waals surface area contributed by atoms with Gasteiger partial charge >= 0.3 is 17.9 Å². The van der Waals surface area contributed by atoms with Gasteiger partial charge in [-0.25, -0.2) is 0 Å². The van der Waals surface area contributed by atoms with Crippen LogP contribution in [0.5, 0.6) is 0 Å². The predicted octanol–water partition coefficient (Wildman–Crippen LogP) is 17.8. The minimum atomic E-state index is -0.793. The molecule has 368 valence electrons. The molecule has 0 fully saturated rings. The Morgan fingerprint density at radius 2 is 0.609 bits per heavy atom. The summed E-state index contributed by atoms with van der Waals surface area (Å²) in [5.74, 6) is -0.926. The molecule has 0 aliphatic rings. The van der Waals surface area contributed by atoms with Gasteiger partial charge in [0.15, 0.2) is 6.10 Å². The molecule has 0 aromatic heterocycles. The second kappa shape index (κ2) is 52.5. The maximum atomic E-state index is 12.8.